The molecule has 4 aliphatic rings. The lowest BCUT2D eigenvalue weighted by Crippen LogP contribution is -2.52. The van der Waals surface area contributed by atoms with Gasteiger partial charge in [0.2, 0.25) is 0 Å². The maximum absolute atomic E-state index is 10.9. The second-order valence-electron chi connectivity index (χ2n) is 10.5. The molecule has 0 aliphatic heterocycles. The maximum Gasteiger partial charge on any atom is 0.303 e. The van der Waals surface area contributed by atoms with Gasteiger partial charge < -0.3 is 5.11 Å². The Labute approximate surface area is 154 Å². The zero-order valence-electron chi connectivity index (χ0n) is 16.4. The number of carbonyl (C=O) groups is 1. The molecule has 0 aromatic rings. The first-order valence-corrected chi connectivity index (χ1v) is 11.2. The van der Waals surface area contributed by atoms with Crippen LogP contribution in [0.15, 0.2) is 0 Å². The average molecular weight is 347 g/mol. The molecule has 4 aliphatic carbocycles. The summed E-state index contributed by atoms with van der Waals surface area (Å²) in [4.78, 5) is 10.9. The Hall–Kier alpha value is -0.530. The highest BCUT2D eigenvalue weighted by atomic mass is 16.4. The Morgan fingerprint density at radius 3 is 2.52 bits per heavy atom. The van der Waals surface area contributed by atoms with Crippen molar-refractivity contribution >= 4 is 5.97 Å². The van der Waals surface area contributed by atoms with Gasteiger partial charge >= 0.3 is 5.97 Å². The van der Waals surface area contributed by atoms with Gasteiger partial charge in [-0.3, -0.25) is 4.79 Å². The molecule has 4 fully saturated rings. The van der Waals surface area contributed by atoms with Gasteiger partial charge in [-0.05, 0) is 105 Å². The fraction of sp³-hybridized carbons (Fsp3) is 0.957. The standard InChI is InChI=1S/C23H38O2/c1-22-14-4-3-6-16(22)9-11-18-19-12-10-17(7-5-8-21(24)25)23(19,2)15-13-20(18)22/h16-20H,3-15H2,1-2H3,(H,24,25)/t16?,17?,18?,19?,20?,22?,23-/m1/s1. The van der Waals surface area contributed by atoms with Crippen molar-refractivity contribution in [1.82, 2.24) is 0 Å². The molecule has 0 bridgehead atoms. The smallest absolute Gasteiger partial charge is 0.303 e. The third-order valence-corrected chi connectivity index (χ3v) is 9.72. The van der Waals surface area contributed by atoms with Gasteiger partial charge in [0.25, 0.3) is 0 Å². The number of carboxylic acids is 1. The summed E-state index contributed by atoms with van der Waals surface area (Å²) in [5, 5.41) is 8.98. The van der Waals surface area contributed by atoms with Gasteiger partial charge in [-0.15, -0.1) is 0 Å². The molecule has 0 saturated heterocycles. The van der Waals surface area contributed by atoms with Crippen molar-refractivity contribution in [1.29, 1.82) is 0 Å². The Balaban J connectivity index is 1.48. The molecule has 0 amide bonds. The minimum atomic E-state index is -0.619. The highest BCUT2D eigenvalue weighted by Crippen LogP contribution is 2.67. The van der Waals surface area contributed by atoms with Crippen LogP contribution >= 0.6 is 0 Å². The van der Waals surface area contributed by atoms with Crippen LogP contribution in [0.25, 0.3) is 0 Å². The van der Waals surface area contributed by atoms with Crippen molar-refractivity contribution in [2.75, 3.05) is 0 Å². The number of hydrogen-bond donors (Lipinski definition) is 1. The zero-order valence-corrected chi connectivity index (χ0v) is 16.4. The normalized spacial score (nSPS) is 49.1. The third-order valence-electron chi connectivity index (χ3n) is 9.72. The topological polar surface area (TPSA) is 37.3 Å². The van der Waals surface area contributed by atoms with Crippen LogP contribution in [0.2, 0.25) is 0 Å². The number of hydrogen-bond acceptors (Lipinski definition) is 1. The van der Waals surface area contributed by atoms with E-state index in [0.717, 1.165) is 42.4 Å². The summed E-state index contributed by atoms with van der Waals surface area (Å²) >= 11 is 0. The summed E-state index contributed by atoms with van der Waals surface area (Å²) in [6, 6.07) is 0. The van der Waals surface area contributed by atoms with Crippen molar-refractivity contribution in [2.24, 2.45) is 40.4 Å². The van der Waals surface area contributed by atoms with Crippen LogP contribution in [0.4, 0.5) is 0 Å². The van der Waals surface area contributed by atoms with Crippen LogP contribution < -0.4 is 0 Å². The van der Waals surface area contributed by atoms with Crippen molar-refractivity contribution in [3.05, 3.63) is 0 Å². The summed E-state index contributed by atoms with van der Waals surface area (Å²) in [6.07, 6.45) is 17.0. The highest BCUT2D eigenvalue weighted by molar-refractivity contribution is 5.66. The van der Waals surface area contributed by atoms with Gasteiger partial charge in [-0.25, -0.2) is 0 Å². The second kappa shape index (κ2) is 6.57. The van der Waals surface area contributed by atoms with Crippen molar-refractivity contribution < 1.29 is 9.90 Å². The zero-order chi connectivity index (χ0) is 17.7. The molecular weight excluding hydrogens is 308 g/mol. The first kappa shape index (κ1) is 17.9. The van der Waals surface area contributed by atoms with Crippen LogP contribution in [0, 0.1) is 40.4 Å². The number of fused-ring (bicyclic) bond motifs is 5. The number of carboxylic acid groups (broad SMARTS) is 1. The molecule has 4 saturated carbocycles. The summed E-state index contributed by atoms with van der Waals surface area (Å²) in [5.41, 5.74) is 1.15. The molecule has 6 unspecified atom stereocenters. The summed E-state index contributed by atoms with van der Waals surface area (Å²) in [7, 11) is 0. The fourth-order valence-electron chi connectivity index (χ4n) is 8.38. The van der Waals surface area contributed by atoms with Gasteiger partial charge in [0.05, 0.1) is 0 Å². The van der Waals surface area contributed by atoms with Crippen LogP contribution in [0.3, 0.4) is 0 Å². The van der Waals surface area contributed by atoms with Crippen LogP contribution in [0.5, 0.6) is 0 Å². The maximum atomic E-state index is 10.9. The largest absolute Gasteiger partial charge is 0.481 e. The van der Waals surface area contributed by atoms with Gasteiger partial charge in [0.15, 0.2) is 0 Å². The molecule has 0 radical (unpaired) electrons. The predicted octanol–water partition coefficient (Wildman–Crippen LogP) is 6.29. The van der Waals surface area contributed by atoms with Crippen LogP contribution in [-0.4, -0.2) is 11.1 Å². The Kier molecular flexibility index (Phi) is 4.69. The SMILES string of the molecule is CC12CCCCC1CCC1C2CC[C@]2(C)C(CCCC(=O)O)CCC12. The lowest BCUT2D eigenvalue weighted by Gasteiger charge is -2.60. The molecule has 4 rings (SSSR count). The Bertz CT molecular complexity index is 514. The number of rotatable bonds is 4. The lowest BCUT2D eigenvalue weighted by atomic mass is 9.45. The van der Waals surface area contributed by atoms with E-state index in [1.165, 1.54) is 64.2 Å². The van der Waals surface area contributed by atoms with E-state index in [-0.39, 0.29) is 0 Å². The van der Waals surface area contributed by atoms with E-state index in [1.54, 1.807) is 0 Å². The van der Waals surface area contributed by atoms with E-state index >= 15 is 0 Å². The molecule has 1 N–H and O–H groups in total. The van der Waals surface area contributed by atoms with Crippen molar-refractivity contribution in [2.45, 2.75) is 97.3 Å². The van der Waals surface area contributed by atoms with Crippen LogP contribution in [-0.2, 0) is 4.79 Å². The Morgan fingerprint density at radius 1 is 0.920 bits per heavy atom. The number of aliphatic carboxylic acids is 1. The minimum Gasteiger partial charge on any atom is -0.481 e. The predicted molar refractivity (Wildman–Crippen MR) is 101 cm³/mol. The monoisotopic (exact) mass is 346 g/mol. The van der Waals surface area contributed by atoms with E-state index < -0.39 is 5.97 Å². The first-order valence-electron chi connectivity index (χ1n) is 11.2. The van der Waals surface area contributed by atoms with Gasteiger partial charge in [0, 0.05) is 6.42 Å². The van der Waals surface area contributed by atoms with E-state index in [9.17, 15) is 4.79 Å². The van der Waals surface area contributed by atoms with E-state index in [4.69, 9.17) is 5.11 Å². The lowest BCUT2D eigenvalue weighted by molar-refractivity contribution is -0.137. The van der Waals surface area contributed by atoms with Crippen molar-refractivity contribution in [3.63, 3.8) is 0 Å². The molecule has 7 atom stereocenters. The molecule has 142 valence electrons. The van der Waals surface area contributed by atoms with Crippen molar-refractivity contribution in [3.8, 4) is 0 Å². The fourth-order valence-corrected chi connectivity index (χ4v) is 8.38. The van der Waals surface area contributed by atoms with Crippen LogP contribution in [0.1, 0.15) is 97.3 Å². The Morgan fingerprint density at radius 2 is 1.72 bits per heavy atom. The molecule has 0 spiro atoms. The summed E-state index contributed by atoms with van der Waals surface area (Å²) in [5.74, 6) is 4.08. The molecule has 25 heavy (non-hydrogen) atoms. The minimum absolute atomic E-state index is 0.364. The second-order valence-corrected chi connectivity index (χ2v) is 10.5. The van der Waals surface area contributed by atoms with E-state index in [1.807, 2.05) is 0 Å². The molecular formula is C23H38O2. The molecule has 2 nitrogen and oxygen atoms in total. The molecule has 0 aromatic carbocycles. The quantitative estimate of drug-likeness (QED) is 0.649. The van der Waals surface area contributed by atoms with E-state index in [2.05, 4.69) is 13.8 Å². The molecule has 2 heteroatoms. The molecule has 0 aromatic heterocycles. The van der Waals surface area contributed by atoms with Gasteiger partial charge in [0.1, 0.15) is 0 Å². The average Bonchev–Trinajstić information content (AvgIpc) is 2.91. The third kappa shape index (κ3) is 2.86. The summed E-state index contributed by atoms with van der Waals surface area (Å²) in [6.45, 7) is 5.25. The molecule has 0 heterocycles. The van der Waals surface area contributed by atoms with E-state index in [0.29, 0.717) is 17.3 Å². The summed E-state index contributed by atoms with van der Waals surface area (Å²) < 4.78 is 0. The first-order chi connectivity index (χ1) is 11.9. The van der Waals surface area contributed by atoms with Gasteiger partial charge in [-0.2, -0.15) is 0 Å². The van der Waals surface area contributed by atoms with Gasteiger partial charge in [-0.1, -0.05) is 26.7 Å². The highest BCUT2D eigenvalue weighted by Gasteiger charge is 2.59.